The van der Waals surface area contributed by atoms with Crippen LogP contribution in [0.25, 0.3) is 0 Å². The number of carbonyl (C=O) groups excluding carboxylic acids is 1. The van der Waals surface area contributed by atoms with Gasteiger partial charge in [-0.3, -0.25) is 4.79 Å². The SMILES string of the molecule is CC1Cc2ccccc2N(C(C)C(=O)N2CCNCC2)C1. The zero-order valence-corrected chi connectivity index (χ0v) is 13.0. The Hall–Kier alpha value is -1.55. The van der Waals surface area contributed by atoms with E-state index in [2.05, 4.69) is 48.3 Å². The molecule has 2 aliphatic heterocycles. The van der Waals surface area contributed by atoms with E-state index in [1.54, 1.807) is 0 Å². The van der Waals surface area contributed by atoms with Gasteiger partial charge in [-0.25, -0.2) is 0 Å². The second kappa shape index (κ2) is 6.06. The second-order valence-corrected chi connectivity index (χ2v) is 6.34. The lowest BCUT2D eigenvalue weighted by Crippen LogP contribution is -2.54. The van der Waals surface area contributed by atoms with E-state index < -0.39 is 0 Å². The molecule has 2 aliphatic rings. The van der Waals surface area contributed by atoms with E-state index in [0.29, 0.717) is 5.92 Å². The highest BCUT2D eigenvalue weighted by Crippen LogP contribution is 2.31. The van der Waals surface area contributed by atoms with Gasteiger partial charge in [-0.1, -0.05) is 25.1 Å². The molecule has 0 spiro atoms. The number of benzene rings is 1. The van der Waals surface area contributed by atoms with E-state index in [1.165, 1.54) is 11.3 Å². The van der Waals surface area contributed by atoms with Crippen molar-refractivity contribution in [3.05, 3.63) is 29.8 Å². The summed E-state index contributed by atoms with van der Waals surface area (Å²) in [5.74, 6) is 0.860. The van der Waals surface area contributed by atoms with E-state index in [1.807, 2.05) is 4.90 Å². The molecule has 0 saturated carbocycles. The van der Waals surface area contributed by atoms with Crippen molar-refractivity contribution in [1.29, 1.82) is 0 Å². The number of nitrogens with zero attached hydrogens (tertiary/aromatic N) is 2. The van der Waals surface area contributed by atoms with Gasteiger partial charge in [0.25, 0.3) is 0 Å². The summed E-state index contributed by atoms with van der Waals surface area (Å²) in [6.07, 6.45) is 1.11. The molecule has 1 saturated heterocycles. The number of hydrogen-bond acceptors (Lipinski definition) is 3. The zero-order chi connectivity index (χ0) is 14.8. The molecule has 0 aromatic heterocycles. The van der Waals surface area contributed by atoms with Gasteiger partial charge in [0.2, 0.25) is 5.91 Å². The van der Waals surface area contributed by atoms with Crippen LogP contribution in [-0.4, -0.2) is 49.6 Å². The van der Waals surface area contributed by atoms with Crippen LogP contribution in [0.1, 0.15) is 19.4 Å². The third-order valence-corrected chi connectivity index (χ3v) is 4.63. The minimum Gasteiger partial charge on any atom is -0.359 e. The molecular formula is C17H25N3O. The van der Waals surface area contributed by atoms with Crippen LogP contribution in [0, 0.1) is 5.92 Å². The first kappa shape index (κ1) is 14.4. The highest BCUT2D eigenvalue weighted by atomic mass is 16.2. The molecular weight excluding hydrogens is 262 g/mol. The first-order valence-electron chi connectivity index (χ1n) is 8.01. The summed E-state index contributed by atoms with van der Waals surface area (Å²) in [6.45, 7) is 8.76. The van der Waals surface area contributed by atoms with Crippen LogP contribution in [0.2, 0.25) is 0 Å². The predicted octanol–water partition coefficient (Wildman–Crippen LogP) is 1.51. The molecule has 1 N–H and O–H groups in total. The van der Waals surface area contributed by atoms with Gasteiger partial charge in [0.15, 0.2) is 0 Å². The lowest BCUT2D eigenvalue weighted by molar-refractivity contribution is -0.132. The fourth-order valence-electron chi connectivity index (χ4n) is 3.49. The summed E-state index contributed by atoms with van der Waals surface area (Å²) < 4.78 is 0. The molecule has 1 fully saturated rings. The number of fused-ring (bicyclic) bond motifs is 1. The number of para-hydroxylation sites is 1. The number of anilines is 1. The van der Waals surface area contributed by atoms with Gasteiger partial charge in [-0.05, 0) is 30.9 Å². The maximum absolute atomic E-state index is 12.8. The summed E-state index contributed by atoms with van der Waals surface area (Å²) in [7, 11) is 0. The lowest BCUT2D eigenvalue weighted by atomic mass is 9.92. The Kier molecular flexibility index (Phi) is 4.15. The Balaban J connectivity index is 1.80. The van der Waals surface area contributed by atoms with Crippen molar-refractivity contribution in [1.82, 2.24) is 10.2 Å². The van der Waals surface area contributed by atoms with Gasteiger partial charge >= 0.3 is 0 Å². The molecule has 2 heterocycles. The molecule has 21 heavy (non-hydrogen) atoms. The number of hydrogen-bond donors (Lipinski definition) is 1. The average molecular weight is 287 g/mol. The fourth-order valence-corrected chi connectivity index (χ4v) is 3.49. The number of piperazine rings is 1. The molecule has 0 radical (unpaired) electrons. The average Bonchev–Trinajstić information content (AvgIpc) is 2.53. The molecule has 2 atom stereocenters. The molecule has 1 amide bonds. The number of nitrogens with one attached hydrogen (secondary N) is 1. The Morgan fingerprint density at radius 1 is 1.29 bits per heavy atom. The Morgan fingerprint density at radius 3 is 2.76 bits per heavy atom. The van der Waals surface area contributed by atoms with Gasteiger partial charge < -0.3 is 15.1 Å². The van der Waals surface area contributed by atoms with Crippen molar-refractivity contribution < 1.29 is 4.79 Å². The maximum Gasteiger partial charge on any atom is 0.245 e. The van der Waals surface area contributed by atoms with Crippen molar-refractivity contribution in [2.24, 2.45) is 5.92 Å². The Bertz CT molecular complexity index is 511. The second-order valence-electron chi connectivity index (χ2n) is 6.34. The molecule has 3 rings (SSSR count). The van der Waals surface area contributed by atoms with Crippen LogP contribution in [0.5, 0.6) is 0 Å². The molecule has 4 heteroatoms. The minimum absolute atomic E-state index is 0.0769. The summed E-state index contributed by atoms with van der Waals surface area (Å²) in [6, 6.07) is 8.44. The lowest BCUT2D eigenvalue weighted by Gasteiger charge is -2.40. The van der Waals surface area contributed by atoms with Crippen LogP contribution in [0.15, 0.2) is 24.3 Å². The molecule has 1 aromatic carbocycles. The number of rotatable bonds is 2. The molecule has 0 aliphatic carbocycles. The molecule has 2 unspecified atom stereocenters. The number of amides is 1. The fraction of sp³-hybridized carbons (Fsp3) is 0.588. The smallest absolute Gasteiger partial charge is 0.245 e. The van der Waals surface area contributed by atoms with Crippen molar-refractivity contribution in [3.8, 4) is 0 Å². The van der Waals surface area contributed by atoms with E-state index in [-0.39, 0.29) is 11.9 Å². The van der Waals surface area contributed by atoms with Crippen LogP contribution >= 0.6 is 0 Å². The highest BCUT2D eigenvalue weighted by Gasteiger charge is 2.31. The topological polar surface area (TPSA) is 35.6 Å². The minimum atomic E-state index is -0.0769. The molecule has 1 aromatic rings. The normalized spacial score (nSPS) is 23.6. The van der Waals surface area contributed by atoms with E-state index >= 15 is 0 Å². The number of carbonyl (C=O) groups is 1. The first-order valence-corrected chi connectivity index (χ1v) is 8.01. The highest BCUT2D eigenvalue weighted by molar-refractivity contribution is 5.85. The zero-order valence-electron chi connectivity index (χ0n) is 13.0. The Labute approximate surface area is 127 Å². The van der Waals surface area contributed by atoms with Crippen molar-refractivity contribution >= 4 is 11.6 Å². The maximum atomic E-state index is 12.8. The van der Waals surface area contributed by atoms with Gasteiger partial charge in [0.1, 0.15) is 6.04 Å². The monoisotopic (exact) mass is 287 g/mol. The van der Waals surface area contributed by atoms with Crippen LogP contribution in [0.4, 0.5) is 5.69 Å². The third kappa shape index (κ3) is 2.91. The summed E-state index contributed by atoms with van der Waals surface area (Å²) >= 11 is 0. The van der Waals surface area contributed by atoms with Gasteiger partial charge in [-0.15, -0.1) is 0 Å². The largest absolute Gasteiger partial charge is 0.359 e. The quantitative estimate of drug-likeness (QED) is 0.895. The Morgan fingerprint density at radius 2 is 2.00 bits per heavy atom. The van der Waals surface area contributed by atoms with Crippen molar-refractivity contribution in [2.75, 3.05) is 37.6 Å². The van der Waals surface area contributed by atoms with Gasteiger partial charge in [-0.2, -0.15) is 0 Å². The standard InChI is InChI=1S/C17H25N3O/c1-13-11-15-5-3-4-6-16(15)20(12-13)14(2)17(21)19-9-7-18-8-10-19/h3-6,13-14,18H,7-12H2,1-2H3. The summed E-state index contributed by atoms with van der Waals surface area (Å²) in [5.41, 5.74) is 2.61. The van der Waals surface area contributed by atoms with Gasteiger partial charge in [0.05, 0.1) is 0 Å². The first-order chi connectivity index (χ1) is 10.2. The predicted molar refractivity (Wildman–Crippen MR) is 85.6 cm³/mol. The summed E-state index contributed by atoms with van der Waals surface area (Å²) in [5, 5.41) is 3.30. The van der Waals surface area contributed by atoms with E-state index in [4.69, 9.17) is 0 Å². The van der Waals surface area contributed by atoms with Crippen LogP contribution in [-0.2, 0) is 11.2 Å². The molecule has 0 bridgehead atoms. The van der Waals surface area contributed by atoms with E-state index in [9.17, 15) is 4.79 Å². The summed E-state index contributed by atoms with van der Waals surface area (Å²) in [4.78, 5) is 17.1. The molecule has 4 nitrogen and oxygen atoms in total. The third-order valence-electron chi connectivity index (χ3n) is 4.63. The molecule has 114 valence electrons. The van der Waals surface area contributed by atoms with Crippen LogP contribution < -0.4 is 10.2 Å². The van der Waals surface area contributed by atoms with Crippen molar-refractivity contribution in [3.63, 3.8) is 0 Å². The van der Waals surface area contributed by atoms with Crippen molar-refractivity contribution in [2.45, 2.75) is 26.3 Å². The van der Waals surface area contributed by atoms with Crippen LogP contribution in [0.3, 0.4) is 0 Å². The van der Waals surface area contributed by atoms with Gasteiger partial charge in [0, 0.05) is 38.4 Å². The van der Waals surface area contributed by atoms with E-state index in [0.717, 1.165) is 39.1 Å².